The highest BCUT2D eigenvalue weighted by molar-refractivity contribution is 14.0. The molecule has 0 bridgehead atoms. The van der Waals surface area contributed by atoms with Crippen molar-refractivity contribution in [2.75, 3.05) is 13.2 Å². The molecule has 1 amide bonds. The van der Waals surface area contributed by atoms with Crippen molar-refractivity contribution in [3.8, 4) is 5.75 Å². The van der Waals surface area contributed by atoms with E-state index in [0.717, 1.165) is 11.1 Å². The molecule has 0 aliphatic carbocycles. The molecule has 0 radical (unpaired) electrons. The molecule has 152 valence electrons. The lowest BCUT2D eigenvalue weighted by Crippen LogP contribution is -2.36. The summed E-state index contributed by atoms with van der Waals surface area (Å²) in [5.74, 6) is 0.449. The Bertz CT molecular complexity index is 815. The van der Waals surface area contributed by atoms with Gasteiger partial charge in [-0.25, -0.2) is 9.38 Å². The van der Waals surface area contributed by atoms with Gasteiger partial charge in [-0.05, 0) is 48.7 Å². The molecule has 0 saturated carbocycles. The molecule has 0 aliphatic heterocycles. The molecule has 0 spiro atoms. The van der Waals surface area contributed by atoms with E-state index in [0.29, 0.717) is 36.9 Å². The number of ether oxygens (including phenoxy) is 1. The molecule has 0 fully saturated rings. The zero-order chi connectivity index (χ0) is 19.6. The van der Waals surface area contributed by atoms with Gasteiger partial charge in [0.2, 0.25) is 0 Å². The third kappa shape index (κ3) is 8.12. The van der Waals surface area contributed by atoms with Crippen molar-refractivity contribution in [3.05, 3.63) is 65.0 Å². The van der Waals surface area contributed by atoms with Gasteiger partial charge in [-0.1, -0.05) is 24.3 Å². The van der Waals surface area contributed by atoms with Crippen LogP contribution in [0, 0.1) is 12.7 Å². The predicted molar refractivity (Wildman–Crippen MR) is 119 cm³/mol. The van der Waals surface area contributed by atoms with E-state index in [1.165, 1.54) is 6.07 Å². The van der Waals surface area contributed by atoms with Crippen molar-refractivity contribution < 1.29 is 13.9 Å². The Kier molecular flexibility index (Phi) is 10.3. The van der Waals surface area contributed by atoms with Gasteiger partial charge in [-0.2, -0.15) is 0 Å². The first-order valence-corrected chi connectivity index (χ1v) is 8.75. The summed E-state index contributed by atoms with van der Waals surface area (Å²) in [5, 5.41) is 6.34. The first kappa shape index (κ1) is 23.7. The van der Waals surface area contributed by atoms with Crippen LogP contribution in [0.25, 0.3) is 0 Å². The minimum atomic E-state index is -0.524. The van der Waals surface area contributed by atoms with E-state index in [2.05, 4.69) is 15.6 Å². The molecule has 2 rings (SSSR count). The Hall–Kier alpha value is -2.36. The van der Waals surface area contributed by atoms with Crippen LogP contribution in [0.4, 0.5) is 4.39 Å². The molecule has 8 heteroatoms. The zero-order valence-corrected chi connectivity index (χ0v) is 18.3. The van der Waals surface area contributed by atoms with Crippen LogP contribution in [0.1, 0.15) is 23.6 Å². The van der Waals surface area contributed by atoms with Crippen LogP contribution < -0.4 is 21.1 Å². The molecule has 0 aromatic heterocycles. The van der Waals surface area contributed by atoms with Crippen LogP contribution in [-0.2, 0) is 17.9 Å². The average Bonchev–Trinajstić information content (AvgIpc) is 2.65. The maximum absolute atomic E-state index is 13.7. The topological polar surface area (TPSA) is 88.7 Å². The van der Waals surface area contributed by atoms with Crippen LogP contribution in [0.2, 0.25) is 0 Å². The fourth-order valence-corrected chi connectivity index (χ4v) is 2.33. The Balaban J connectivity index is 0.00000392. The minimum absolute atomic E-state index is 0. The monoisotopic (exact) mass is 500 g/mol. The SMILES string of the molecule is CCNC(=NCc1cccc(OCC(N)=O)c1)NCc1ccc(C)c(F)c1.I. The van der Waals surface area contributed by atoms with Gasteiger partial charge in [0.25, 0.3) is 5.91 Å². The summed E-state index contributed by atoms with van der Waals surface area (Å²) in [5.41, 5.74) is 7.47. The lowest BCUT2D eigenvalue weighted by Gasteiger charge is -2.12. The normalized spacial score (nSPS) is 10.8. The van der Waals surface area contributed by atoms with Gasteiger partial charge in [-0.3, -0.25) is 4.79 Å². The summed E-state index contributed by atoms with van der Waals surface area (Å²) >= 11 is 0. The van der Waals surface area contributed by atoms with E-state index in [1.54, 1.807) is 19.1 Å². The number of nitrogens with one attached hydrogen (secondary N) is 2. The van der Waals surface area contributed by atoms with Crippen LogP contribution in [0.15, 0.2) is 47.5 Å². The Labute approximate surface area is 181 Å². The predicted octanol–water partition coefficient (Wildman–Crippen LogP) is 2.87. The molecule has 0 heterocycles. The number of rotatable bonds is 8. The number of amides is 1. The maximum atomic E-state index is 13.7. The second-order valence-corrected chi connectivity index (χ2v) is 6.03. The number of guanidine groups is 1. The summed E-state index contributed by atoms with van der Waals surface area (Å²) in [6.07, 6.45) is 0. The number of hydrogen-bond acceptors (Lipinski definition) is 3. The van der Waals surface area contributed by atoms with Crippen LogP contribution in [0.5, 0.6) is 5.75 Å². The minimum Gasteiger partial charge on any atom is -0.484 e. The smallest absolute Gasteiger partial charge is 0.255 e. The van der Waals surface area contributed by atoms with Gasteiger partial charge in [0, 0.05) is 13.1 Å². The van der Waals surface area contributed by atoms with E-state index in [9.17, 15) is 9.18 Å². The first-order valence-electron chi connectivity index (χ1n) is 8.75. The number of carbonyl (C=O) groups excluding carboxylic acids is 1. The average molecular weight is 500 g/mol. The number of primary amides is 1. The summed E-state index contributed by atoms with van der Waals surface area (Å²) in [4.78, 5) is 15.3. The van der Waals surface area contributed by atoms with Gasteiger partial charge in [0.05, 0.1) is 6.54 Å². The number of benzene rings is 2. The highest BCUT2D eigenvalue weighted by atomic mass is 127. The Morgan fingerprint density at radius 1 is 1.18 bits per heavy atom. The van der Waals surface area contributed by atoms with Crippen molar-refractivity contribution in [2.45, 2.75) is 26.9 Å². The maximum Gasteiger partial charge on any atom is 0.255 e. The largest absolute Gasteiger partial charge is 0.484 e. The molecule has 2 aromatic carbocycles. The van der Waals surface area contributed by atoms with E-state index >= 15 is 0 Å². The van der Waals surface area contributed by atoms with Gasteiger partial charge in [-0.15, -0.1) is 24.0 Å². The molecule has 28 heavy (non-hydrogen) atoms. The Morgan fingerprint density at radius 3 is 2.64 bits per heavy atom. The fourth-order valence-electron chi connectivity index (χ4n) is 2.33. The number of aliphatic imine (C=N–C) groups is 1. The van der Waals surface area contributed by atoms with Crippen molar-refractivity contribution in [1.82, 2.24) is 10.6 Å². The highest BCUT2D eigenvalue weighted by Crippen LogP contribution is 2.14. The third-order valence-electron chi connectivity index (χ3n) is 3.74. The number of halogens is 2. The van der Waals surface area contributed by atoms with Crippen molar-refractivity contribution in [2.24, 2.45) is 10.7 Å². The van der Waals surface area contributed by atoms with E-state index < -0.39 is 5.91 Å². The van der Waals surface area contributed by atoms with Crippen molar-refractivity contribution >= 4 is 35.8 Å². The quantitative estimate of drug-likeness (QED) is 0.296. The zero-order valence-electron chi connectivity index (χ0n) is 16.0. The van der Waals surface area contributed by atoms with Crippen LogP contribution >= 0.6 is 24.0 Å². The van der Waals surface area contributed by atoms with Gasteiger partial charge in [0.1, 0.15) is 11.6 Å². The molecular formula is C20H26FIN4O2. The second kappa shape index (κ2) is 12.2. The molecule has 6 nitrogen and oxygen atoms in total. The lowest BCUT2D eigenvalue weighted by molar-refractivity contribution is -0.119. The fraction of sp³-hybridized carbons (Fsp3) is 0.300. The van der Waals surface area contributed by atoms with Gasteiger partial charge < -0.3 is 21.1 Å². The number of aryl methyl sites for hydroxylation is 1. The molecule has 0 unspecified atom stereocenters. The molecule has 4 N–H and O–H groups in total. The van der Waals surface area contributed by atoms with Crippen LogP contribution in [-0.4, -0.2) is 25.0 Å². The number of hydrogen-bond donors (Lipinski definition) is 3. The molecule has 2 aromatic rings. The molecule has 0 saturated heterocycles. The summed E-state index contributed by atoms with van der Waals surface area (Å²) in [7, 11) is 0. The second-order valence-electron chi connectivity index (χ2n) is 6.03. The van der Waals surface area contributed by atoms with E-state index in [4.69, 9.17) is 10.5 Å². The number of nitrogens with zero attached hydrogens (tertiary/aromatic N) is 1. The summed E-state index contributed by atoms with van der Waals surface area (Å²) < 4.78 is 19.0. The molecule has 0 atom stereocenters. The van der Waals surface area contributed by atoms with Crippen molar-refractivity contribution in [1.29, 1.82) is 0 Å². The van der Waals surface area contributed by atoms with Crippen molar-refractivity contribution in [3.63, 3.8) is 0 Å². The van der Waals surface area contributed by atoms with Crippen LogP contribution in [0.3, 0.4) is 0 Å². The van der Waals surface area contributed by atoms with Gasteiger partial charge >= 0.3 is 0 Å². The third-order valence-corrected chi connectivity index (χ3v) is 3.74. The summed E-state index contributed by atoms with van der Waals surface area (Å²) in [6, 6.07) is 12.5. The first-order chi connectivity index (χ1) is 13.0. The highest BCUT2D eigenvalue weighted by Gasteiger charge is 2.03. The van der Waals surface area contributed by atoms with E-state index in [1.807, 2.05) is 31.2 Å². The van der Waals surface area contributed by atoms with E-state index in [-0.39, 0.29) is 36.4 Å². The standard InChI is InChI=1S/C20H25FN4O2.HI/c1-3-23-20(25-12-16-8-7-14(2)18(21)10-16)24-11-15-5-4-6-17(9-15)27-13-19(22)26;/h4-10H,3,11-13H2,1-2H3,(H2,22,26)(H2,23,24,25);1H. The lowest BCUT2D eigenvalue weighted by atomic mass is 10.1. The Morgan fingerprint density at radius 2 is 1.96 bits per heavy atom. The number of carbonyl (C=O) groups is 1. The number of nitrogens with two attached hydrogens (primary N) is 1. The molecular weight excluding hydrogens is 474 g/mol. The summed E-state index contributed by atoms with van der Waals surface area (Å²) in [6.45, 7) is 5.14. The van der Waals surface area contributed by atoms with Gasteiger partial charge in [0.15, 0.2) is 12.6 Å². The molecule has 0 aliphatic rings.